The molecular weight excluding hydrogens is 408 g/mol. The Bertz CT molecular complexity index is 891. The van der Waals surface area contributed by atoms with Crippen molar-refractivity contribution in [3.05, 3.63) is 53.6 Å². The van der Waals surface area contributed by atoms with Crippen molar-refractivity contribution < 1.29 is 23.8 Å². The number of methoxy groups -OCH3 is 3. The zero-order chi connectivity index (χ0) is 22.9. The van der Waals surface area contributed by atoms with Crippen LogP contribution >= 0.6 is 0 Å². The highest BCUT2D eigenvalue weighted by molar-refractivity contribution is 5.91. The molecule has 0 spiro atoms. The van der Waals surface area contributed by atoms with Crippen LogP contribution in [0, 0.1) is 5.92 Å². The standard InChI is InChI=1S/C25H32N2O5/c1-30-22-13-21(14-23(15-22)31-2)26-24(28)11-8-18-5-4-12-27(16-18)17-19-6-9-20(10-7-19)25(29)32-3/h6-7,9-10,13-15,18H,4-5,8,11-12,16-17H2,1-3H3,(H,26,28)/t18-/m1/s1. The lowest BCUT2D eigenvalue weighted by Crippen LogP contribution is -2.35. The predicted molar refractivity (Wildman–Crippen MR) is 123 cm³/mol. The van der Waals surface area contributed by atoms with Gasteiger partial charge in [-0.2, -0.15) is 0 Å². The Kier molecular flexibility index (Phi) is 8.50. The van der Waals surface area contributed by atoms with Crippen molar-refractivity contribution >= 4 is 17.6 Å². The van der Waals surface area contributed by atoms with Gasteiger partial charge in [-0.25, -0.2) is 4.79 Å². The number of hydrogen-bond acceptors (Lipinski definition) is 6. The number of nitrogens with zero attached hydrogens (tertiary/aromatic N) is 1. The number of piperidine rings is 1. The molecule has 1 saturated heterocycles. The third kappa shape index (κ3) is 6.72. The number of likely N-dealkylation sites (tertiary alicyclic amines) is 1. The van der Waals surface area contributed by atoms with Gasteiger partial charge in [-0.05, 0) is 49.4 Å². The number of rotatable bonds is 9. The number of carbonyl (C=O) groups excluding carboxylic acids is 2. The van der Waals surface area contributed by atoms with E-state index >= 15 is 0 Å². The van der Waals surface area contributed by atoms with Gasteiger partial charge in [0, 0.05) is 43.4 Å². The van der Waals surface area contributed by atoms with E-state index in [0.717, 1.165) is 38.9 Å². The largest absolute Gasteiger partial charge is 0.497 e. The van der Waals surface area contributed by atoms with Crippen molar-refractivity contribution in [1.29, 1.82) is 0 Å². The molecule has 0 aromatic heterocycles. The maximum Gasteiger partial charge on any atom is 0.337 e. The molecule has 2 aromatic carbocycles. The zero-order valence-electron chi connectivity index (χ0n) is 19.1. The minimum atomic E-state index is -0.319. The smallest absolute Gasteiger partial charge is 0.337 e. The quantitative estimate of drug-likeness (QED) is 0.591. The van der Waals surface area contributed by atoms with Gasteiger partial charge < -0.3 is 19.5 Å². The molecule has 0 bridgehead atoms. The lowest BCUT2D eigenvalue weighted by molar-refractivity contribution is -0.116. The lowest BCUT2D eigenvalue weighted by atomic mass is 9.93. The summed E-state index contributed by atoms with van der Waals surface area (Å²) in [5.74, 6) is 1.45. The average molecular weight is 441 g/mol. The molecule has 2 aromatic rings. The second-order valence-corrected chi connectivity index (χ2v) is 8.12. The Morgan fingerprint density at radius 2 is 1.72 bits per heavy atom. The number of nitrogens with one attached hydrogen (secondary N) is 1. The molecule has 0 unspecified atom stereocenters. The third-order valence-electron chi connectivity index (χ3n) is 5.80. The Balaban J connectivity index is 1.47. The van der Waals surface area contributed by atoms with Crippen molar-refractivity contribution in [2.24, 2.45) is 5.92 Å². The summed E-state index contributed by atoms with van der Waals surface area (Å²) in [5, 5.41) is 2.95. The topological polar surface area (TPSA) is 77.1 Å². The van der Waals surface area contributed by atoms with E-state index in [1.807, 2.05) is 12.1 Å². The molecule has 1 heterocycles. The van der Waals surface area contributed by atoms with Crippen LogP contribution in [0.2, 0.25) is 0 Å². The van der Waals surface area contributed by atoms with E-state index in [2.05, 4.69) is 10.2 Å². The van der Waals surface area contributed by atoms with Crippen molar-refractivity contribution in [3.8, 4) is 11.5 Å². The Morgan fingerprint density at radius 1 is 1.03 bits per heavy atom. The normalized spacial score (nSPS) is 16.3. The van der Waals surface area contributed by atoms with Crippen molar-refractivity contribution in [2.45, 2.75) is 32.2 Å². The van der Waals surface area contributed by atoms with Gasteiger partial charge in [-0.15, -0.1) is 0 Å². The van der Waals surface area contributed by atoms with Gasteiger partial charge in [0.2, 0.25) is 5.91 Å². The van der Waals surface area contributed by atoms with E-state index in [-0.39, 0.29) is 11.9 Å². The molecule has 7 nitrogen and oxygen atoms in total. The SMILES string of the molecule is COC(=O)c1ccc(CN2CCC[C@H](CCC(=O)Nc3cc(OC)cc(OC)c3)C2)cc1. The molecule has 1 fully saturated rings. The number of amides is 1. The third-order valence-corrected chi connectivity index (χ3v) is 5.80. The van der Waals surface area contributed by atoms with E-state index in [4.69, 9.17) is 14.2 Å². The summed E-state index contributed by atoms with van der Waals surface area (Å²) in [7, 11) is 4.56. The number of esters is 1. The summed E-state index contributed by atoms with van der Waals surface area (Å²) in [5.41, 5.74) is 2.40. The van der Waals surface area contributed by atoms with Crippen LogP contribution in [0.1, 0.15) is 41.6 Å². The van der Waals surface area contributed by atoms with E-state index in [0.29, 0.717) is 35.1 Å². The number of anilines is 1. The Labute approximate surface area is 189 Å². The summed E-state index contributed by atoms with van der Waals surface area (Å²) in [4.78, 5) is 26.5. The lowest BCUT2D eigenvalue weighted by Gasteiger charge is -2.32. The van der Waals surface area contributed by atoms with Crippen molar-refractivity contribution in [2.75, 3.05) is 39.7 Å². The number of hydrogen-bond donors (Lipinski definition) is 1. The molecule has 3 rings (SSSR count). The molecular formula is C25H32N2O5. The molecule has 1 aliphatic heterocycles. The van der Waals surface area contributed by atoms with Gasteiger partial charge in [0.25, 0.3) is 0 Å². The van der Waals surface area contributed by atoms with Crippen LogP contribution in [0.15, 0.2) is 42.5 Å². The zero-order valence-corrected chi connectivity index (χ0v) is 19.1. The summed E-state index contributed by atoms with van der Waals surface area (Å²) < 4.78 is 15.3. The fraction of sp³-hybridized carbons (Fsp3) is 0.440. The maximum atomic E-state index is 12.5. The Morgan fingerprint density at radius 3 is 2.34 bits per heavy atom. The maximum absolute atomic E-state index is 12.5. The van der Waals surface area contributed by atoms with Crippen molar-refractivity contribution in [1.82, 2.24) is 4.90 Å². The van der Waals surface area contributed by atoms with E-state index < -0.39 is 0 Å². The molecule has 172 valence electrons. The van der Waals surface area contributed by atoms with Crippen LogP contribution in [-0.2, 0) is 16.1 Å². The van der Waals surface area contributed by atoms with Crippen LogP contribution in [0.4, 0.5) is 5.69 Å². The van der Waals surface area contributed by atoms with Gasteiger partial charge in [-0.3, -0.25) is 9.69 Å². The summed E-state index contributed by atoms with van der Waals surface area (Å²) in [6, 6.07) is 12.9. The van der Waals surface area contributed by atoms with Gasteiger partial charge >= 0.3 is 5.97 Å². The van der Waals surface area contributed by atoms with Crippen molar-refractivity contribution in [3.63, 3.8) is 0 Å². The molecule has 7 heteroatoms. The summed E-state index contributed by atoms with van der Waals surface area (Å²) in [6.07, 6.45) is 3.59. The average Bonchev–Trinajstić information content (AvgIpc) is 2.82. The number of ether oxygens (including phenoxy) is 3. The van der Waals surface area contributed by atoms with Crippen LogP contribution in [-0.4, -0.2) is 51.2 Å². The second-order valence-electron chi connectivity index (χ2n) is 8.12. The highest BCUT2D eigenvalue weighted by Crippen LogP contribution is 2.27. The van der Waals surface area contributed by atoms with Gasteiger partial charge in [0.15, 0.2) is 0 Å². The fourth-order valence-electron chi connectivity index (χ4n) is 4.09. The minimum Gasteiger partial charge on any atom is -0.497 e. The first-order valence-electron chi connectivity index (χ1n) is 10.9. The molecule has 1 amide bonds. The fourth-order valence-corrected chi connectivity index (χ4v) is 4.09. The highest BCUT2D eigenvalue weighted by Gasteiger charge is 2.21. The van der Waals surface area contributed by atoms with E-state index in [9.17, 15) is 9.59 Å². The molecule has 1 atom stereocenters. The van der Waals surface area contributed by atoms with Crippen LogP contribution < -0.4 is 14.8 Å². The molecule has 1 N–H and O–H groups in total. The van der Waals surface area contributed by atoms with Gasteiger partial charge in [0.05, 0.1) is 26.9 Å². The summed E-state index contributed by atoms with van der Waals surface area (Å²) >= 11 is 0. The molecule has 0 radical (unpaired) electrons. The Hall–Kier alpha value is -3.06. The molecule has 0 saturated carbocycles. The predicted octanol–water partition coefficient (Wildman–Crippen LogP) is 4.12. The molecule has 1 aliphatic rings. The van der Waals surface area contributed by atoms with Crippen LogP contribution in [0.5, 0.6) is 11.5 Å². The monoisotopic (exact) mass is 440 g/mol. The highest BCUT2D eigenvalue weighted by atomic mass is 16.5. The number of benzene rings is 2. The van der Waals surface area contributed by atoms with Gasteiger partial charge in [-0.1, -0.05) is 12.1 Å². The first-order chi connectivity index (χ1) is 15.5. The van der Waals surface area contributed by atoms with E-state index in [1.54, 1.807) is 44.6 Å². The second kappa shape index (κ2) is 11.5. The van der Waals surface area contributed by atoms with Crippen LogP contribution in [0.25, 0.3) is 0 Å². The molecule has 32 heavy (non-hydrogen) atoms. The molecule has 0 aliphatic carbocycles. The van der Waals surface area contributed by atoms with Crippen LogP contribution in [0.3, 0.4) is 0 Å². The first kappa shape index (κ1) is 23.6. The summed E-state index contributed by atoms with van der Waals surface area (Å²) in [6.45, 7) is 2.86. The number of carbonyl (C=O) groups is 2. The minimum absolute atomic E-state index is 0.00386. The van der Waals surface area contributed by atoms with Gasteiger partial charge in [0.1, 0.15) is 11.5 Å². The first-order valence-corrected chi connectivity index (χ1v) is 10.9. The van der Waals surface area contributed by atoms with E-state index in [1.165, 1.54) is 12.7 Å².